The number of carbonyl (C=O) groups excluding carboxylic acids is 1. The summed E-state index contributed by atoms with van der Waals surface area (Å²) < 4.78 is 5.14. The first-order valence-corrected chi connectivity index (χ1v) is 5.14. The third-order valence-electron chi connectivity index (χ3n) is 2.81. The Balaban J connectivity index is 2.31. The average Bonchev–Trinajstić information content (AvgIpc) is 2.69. The summed E-state index contributed by atoms with van der Waals surface area (Å²) in [7, 11) is 0. The maximum Gasteiger partial charge on any atom is 0.225 e. The predicted octanol–water partition coefficient (Wildman–Crippen LogP) is 0.156. The molecule has 0 bridgehead atoms. The minimum Gasteiger partial charge on any atom is -0.396 e. The van der Waals surface area contributed by atoms with Crippen molar-refractivity contribution in [2.24, 2.45) is 11.8 Å². The van der Waals surface area contributed by atoms with Crippen LogP contribution in [0.1, 0.15) is 20.3 Å². The summed E-state index contributed by atoms with van der Waals surface area (Å²) in [6, 6.07) is 0.0214. The van der Waals surface area contributed by atoms with Gasteiger partial charge in [-0.25, -0.2) is 0 Å². The predicted molar refractivity (Wildman–Crippen MR) is 52.8 cm³/mol. The van der Waals surface area contributed by atoms with Gasteiger partial charge < -0.3 is 15.2 Å². The highest BCUT2D eigenvalue weighted by atomic mass is 16.5. The summed E-state index contributed by atoms with van der Waals surface area (Å²) >= 11 is 0. The quantitative estimate of drug-likeness (QED) is 0.681. The van der Waals surface area contributed by atoms with Gasteiger partial charge in [0.15, 0.2) is 0 Å². The number of nitrogens with one attached hydrogen (secondary N) is 1. The van der Waals surface area contributed by atoms with Crippen LogP contribution >= 0.6 is 0 Å². The van der Waals surface area contributed by atoms with Crippen LogP contribution < -0.4 is 5.32 Å². The second kappa shape index (κ2) is 5.32. The van der Waals surface area contributed by atoms with Crippen molar-refractivity contribution in [3.05, 3.63) is 0 Å². The minimum atomic E-state index is 0.00310. The summed E-state index contributed by atoms with van der Waals surface area (Å²) in [4.78, 5) is 11.6. The van der Waals surface area contributed by atoms with Crippen molar-refractivity contribution < 1.29 is 14.6 Å². The molecule has 14 heavy (non-hydrogen) atoms. The fraction of sp³-hybridized carbons (Fsp3) is 0.900. The first-order chi connectivity index (χ1) is 6.65. The Kier molecular flexibility index (Phi) is 4.35. The first-order valence-electron chi connectivity index (χ1n) is 5.14. The Morgan fingerprint density at radius 3 is 2.86 bits per heavy atom. The van der Waals surface area contributed by atoms with E-state index in [1.54, 1.807) is 0 Å². The molecule has 0 aromatic rings. The molecule has 0 spiro atoms. The van der Waals surface area contributed by atoms with E-state index in [0.717, 1.165) is 6.42 Å². The zero-order valence-electron chi connectivity index (χ0n) is 8.82. The third-order valence-corrected chi connectivity index (χ3v) is 2.81. The van der Waals surface area contributed by atoms with Crippen LogP contribution in [0.25, 0.3) is 0 Å². The molecular formula is C10H19NO3. The van der Waals surface area contributed by atoms with Crippen LogP contribution in [0.3, 0.4) is 0 Å². The minimum absolute atomic E-state index is 0.00310. The van der Waals surface area contributed by atoms with Gasteiger partial charge >= 0.3 is 0 Å². The maximum absolute atomic E-state index is 11.6. The van der Waals surface area contributed by atoms with Crippen molar-refractivity contribution in [1.82, 2.24) is 5.32 Å². The summed E-state index contributed by atoms with van der Waals surface area (Å²) in [5.41, 5.74) is 0. The number of ether oxygens (including phenoxy) is 1. The monoisotopic (exact) mass is 201 g/mol. The summed E-state index contributed by atoms with van der Waals surface area (Å²) in [6.07, 6.45) is 0.812. The fourth-order valence-electron chi connectivity index (χ4n) is 1.38. The molecule has 1 aliphatic rings. The summed E-state index contributed by atoms with van der Waals surface area (Å²) in [6.45, 7) is 5.14. The van der Waals surface area contributed by atoms with Crippen LogP contribution in [0.2, 0.25) is 0 Å². The Hall–Kier alpha value is -0.610. The number of rotatable bonds is 4. The highest BCUT2D eigenvalue weighted by Gasteiger charge is 2.25. The largest absolute Gasteiger partial charge is 0.396 e. The lowest BCUT2D eigenvalue weighted by Gasteiger charge is -2.20. The van der Waals surface area contributed by atoms with Crippen molar-refractivity contribution in [3.63, 3.8) is 0 Å². The Morgan fingerprint density at radius 1 is 1.64 bits per heavy atom. The molecule has 2 N–H and O–H groups in total. The van der Waals surface area contributed by atoms with E-state index in [2.05, 4.69) is 5.32 Å². The fourth-order valence-corrected chi connectivity index (χ4v) is 1.38. The topological polar surface area (TPSA) is 58.6 Å². The lowest BCUT2D eigenvalue weighted by atomic mass is 10.0. The smallest absolute Gasteiger partial charge is 0.225 e. The highest BCUT2D eigenvalue weighted by Crippen LogP contribution is 2.13. The molecule has 4 heteroatoms. The third kappa shape index (κ3) is 2.96. The van der Waals surface area contributed by atoms with Gasteiger partial charge in [0.1, 0.15) is 0 Å². The molecular weight excluding hydrogens is 182 g/mol. The lowest BCUT2D eigenvalue weighted by molar-refractivity contribution is -0.126. The molecule has 1 saturated heterocycles. The van der Waals surface area contributed by atoms with Crippen molar-refractivity contribution in [2.75, 3.05) is 19.8 Å². The van der Waals surface area contributed by atoms with E-state index in [1.165, 1.54) is 0 Å². The van der Waals surface area contributed by atoms with Gasteiger partial charge in [0.25, 0.3) is 0 Å². The Labute approximate surface area is 84.6 Å². The molecule has 3 unspecified atom stereocenters. The van der Waals surface area contributed by atoms with Gasteiger partial charge in [-0.15, -0.1) is 0 Å². The number of carbonyl (C=O) groups is 1. The summed E-state index contributed by atoms with van der Waals surface area (Å²) in [5.74, 6) is 0.153. The Bertz CT molecular complexity index is 190. The van der Waals surface area contributed by atoms with Gasteiger partial charge in [0, 0.05) is 19.3 Å². The molecule has 0 saturated carbocycles. The molecule has 0 radical (unpaired) electrons. The van der Waals surface area contributed by atoms with Gasteiger partial charge in [-0.1, -0.05) is 6.92 Å². The first kappa shape index (κ1) is 11.5. The number of aliphatic hydroxyl groups is 1. The second-order valence-electron chi connectivity index (χ2n) is 4.02. The molecule has 3 atom stereocenters. The van der Waals surface area contributed by atoms with Crippen LogP contribution in [0.4, 0.5) is 0 Å². The molecule has 1 amide bonds. The van der Waals surface area contributed by atoms with Crippen LogP contribution in [0.5, 0.6) is 0 Å². The van der Waals surface area contributed by atoms with E-state index in [4.69, 9.17) is 9.84 Å². The molecule has 1 fully saturated rings. The molecule has 0 aliphatic carbocycles. The van der Waals surface area contributed by atoms with Gasteiger partial charge in [0.2, 0.25) is 5.91 Å². The Morgan fingerprint density at radius 2 is 2.36 bits per heavy atom. The maximum atomic E-state index is 11.6. The number of aliphatic hydroxyl groups excluding tert-OH is 1. The molecule has 1 rings (SSSR count). The number of hydrogen-bond donors (Lipinski definition) is 2. The second-order valence-corrected chi connectivity index (χ2v) is 4.02. The van der Waals surface area contributed by atoms with E-state index in [-0.39, 0.29) is 30.4 Å². The van der Waals surface area contributed by atoms with Crippen molar-refractivity contribution in [3.8, 4) is 0 Å². The van der Waals surface area contributed by atoms with Crippen LogP contribution in [-0.4, -0.2) is 36.9 Å². The van der Waals surface area contributed by atoms with Crippen LogP contribution in [0.15, 0.2) is 0 Å². The molecule has 4 nitrogen and oxygen atoms in total. The lowest BCUT2D eigenvalue weighted by Crippen LogP contribution is -2.41. The zero-order chi connectivity index (χ0) is 10.6. The summed E-state index contributed by atoms with van der Waals surface area (Å²) in [5, 5.41) is 11.8. The molecule has 0 aromatic carbocycles. The van der Waals surface area contributed by atoms with Gasteiger partial charge in [0.05, 0.1) is 12.5 Å². The van der Waals surface area contributed by atoms with Gasteiger partial charge in [-0.05, 0) is 19.3 Å². The van der Waals surface area contributed by atoms with E-state index in [9.17, 15) is 4.79 Å². The molecule has 1 aliphatic heterocycles. The van der Waals surface area contributed by atoms with Crippen LogP contribution in [0, 0.1) is 11.8 Å². The SMILES string of the molecule is CC(CO)C(C)NC(=O)C1CCOC1. The van der Waals surface area contributed by atoms with Crippen molar-refractivity contribution in [2.45, 2.75) is 26.3 Å². The van der Waals surface area contributed by atoms with Crippen LogP contribution in [-0.2, 0) is 9.53 Å². The highest BCUT2D eigenvalue weighted by molar-refractivity contribution is 5.79. The standard InChI is InChI=1S/C10H19NO3/c1-7(5-12)8(2)11-10(13)9-3-4-14-6-9/h7-9,12H,3-6H2,1-2H3,(H,11,13). The molecule has 0 aromatic heterocycles. The normalized spacial score (nSPS) is 25.8. The number of amides is 1. The van der Waals surface area contributed by atoms with Gasteiger partial charge in [-0.3, -0.25) is 4.79 Å². The molecule has 82 valence electrons. The van der Waals surface area contributed by atoms with E-state index in [1.807, 2.05) is 13.8 Å². The van der Waals surface area contributed by atoms with E-state index in [0.29, 0.717) is 13.2 Å². The average molecular weight is 201 g/mol. The number of hydrogen-bond acceptors (Lipinski definition) is 3. The van der Waals surface area contributed by atoms with E-state index < -0.39 is 0 Å². The van der Waals surface area contributed by atoms with E-state index >= 15 is 0 Å². The van der Waals surface area contributed by atoms with Crippen molar-refractivity contribution >= 4 is 5.91 Å². The molecule has 1 heterocycles. The van der Waals surface area contributed by atoms with Crippen molar-refractivity contribution in [1.29, 1.82) is 0 Å². The zero-order valence-corrected chi connectivity index (χ0v) is 8.82. The van der Waals surface area contributed by atoms with Gasteiger partial charge in [-0.2, -0.15) is 0 Å².